The maximum atomic E-state index is 12.6. The lowest BCUT2D eigenvalue weighted by atomic mass is 10.3. The predicted octanol–water partition coefficient (Wildman–Crippen LogP) is 3.96. The maximum absolute atomic E-state index is 12.6. The first-order valence-corrected chi connectivity index (χ1v) is 6.58. The smallest absolute Gasteiger partial charge is 0.0975 e. The molecule has 2 heteroatoms. The molecule has 0 aliphatic rings. The molecule has 0 unspecified atom stereocenters. The lowest BCUT2D eigenvalue weighted by molar-refractivity contribution is 0.532. The van der Waals surface area contributed by atoms with Crippen molar-refractivity contribution in [2.24, 2.45) is 0 Å². The zero-order chi connectivity index (χ0) is 10.2. The summed E-state index contributed by atoms with van der Waals surface area (Å²) in [5.74, 6) is 0. The second-order valence-corrected chi connectivity index (χ2v) is 9.89. The molecule has 0 aliphatic carbocycles. The Morgan fingerprint density at radius 3 is 1.17 bits per heavy atom. The van der Waals surface area contributed by atoms with E-state index in [2.05, 4.69) is 48.5 Å². The predicted molar refractivity (Wildman–Crippen MR) is 57.6 cm³/mol. The van der Waals surface area contributed by atoms with Crippen LogP contribution in [0.5, 0.6) is 0 Å². The Labute approximate surface area is 77.3 Å². The van der Waals surface area contributed by atoms with Crippen LogP contribution in [0.3, 0.4) is 0 Å². The molecule has 0 atom stereocenters. The van der Waals surface area contributed by atoms with Gasteiger partial charge in [-0.25, -0.2) is 0 Å². The zero-order valence-corrected chi connectivity index (χ0v) is 10.4. The van der Waals surface area contributed by atoms with Crippen LogP contribution in [-0.4, -0.2) is 16.5 Å². The molecule has 0 saturated heterocycles. The van der Waals surface area contributed by atoms with Gasteiger partial charge in [-0.2, -0.15) is 0 Å². The third kappa shape index (κ3) is 1.93. The van der Waals surface area contributed by atoms with E-state index in [1.54, 1.807) is 0 Å². The van der Waals surface area contributed by atoms with Crippen LogP contribution in [0.4, 0.5) is 0 Å². The summed E-state index contributed by atoms with van der Waals surface area (Å²) in [4.78, 5) is 0. The monoisotopic (exact) mass is 190 g/mol. The van der Waals surface area contributed by atoms with Crippen molar-refractivity contribution in [1.29, 1.82) is 0 Å². The average Bonchev–Trinajstić information content (AvgIpc) is 1.82. The molecule has 0 amide bonds. The highest BCUT2D eigenvalue weighted by molar-refractivity contribution is 7.66. The first-order valence-electron chi connectivity index (χ1n) is 4.73. The number of rotatable bonds is 2. The minimum atomic E-state index is -2.05. The fourth-order valence-electron chi connectivity index (χ4n) is 2.15. The van der Waals surface area contributed by atoms with E-state index in [1.807, 2.05) is 0 Å². The highest BCUT2D eigenvalue weighted by Crippen LogP contribution is 2.64. The summed E-state index contributed by atoms with van der Waals surface area (Å²) < 4.78 is 12.6. The van der Waals surface area contributed by atoms with E-state index < -0.39 is 7.14 Å². The summed E-state index contributed by atoms with van der Waals surface area (Å²) >= 11 is 0. The van der Waals surface area contributed by atoms with Crippen molar-refractivity contribution in [3.8, 4) is 0 Å². The van der Waals surface area contributed by atoms with Crippen molar-refractivity contribution in [2.75, 3.05) is 0 Å². The van der Waals surface area contributed by atoms with Crippen LogP contribution in [0.25, 0.3) is 0 Å². The number of hydrogen-bond donors (Lipinski definition) is 0. The zero-order valence-electron chi connectivity index (χ0n) is 9.51. The first kappa shape index (κ1) is 12.2. The minimum Gasteiger partial charge on any atom is -0.322 e. The highest BCUT2D eigenvalue weighted by Gasteiger charge is 2.41. The van der Waals surface area contributed by atoms with E-state index in [1.165, 1.54) is 0 Å². The van der Waals surface area contributed by atoms with Crippen LogP contribution in [0.15, 0.2) is 0 Å². The molecule has 0 aromatic rings. The highest BCUT2D eigenvalue weighted by atomic mass is 31.2. The van der Waals surface area contributed by atoms with Gasteiger partial charge in [0.1, 0.15) is 0 Å². The van der Waals surface area contributed by atoms with Gasteiger partial charge in [0.25, 0.3) is 0 Å². The summed E-state index contributed by atoms with van der Waals surface area (Å²) in [5, 5.41) is -0.0463. The van der Waals surface area contributed by atoms with Gasteiger partial charge in [0.05, 0.1) is 7.14 Å². The van der Waals surface area contributed by atoms with Gasteiger partial charge in [-0.05, 0) is 0 Å². The summed E-state index contributed by atoms with van der Waals surface area (Å²) in [6.45, 7) is 14.6. The van der Waals surface area contributed by atoms with Gasteiger partial charge in [-0.15, -0.1) is 0 Å². The molecule has 0 spiro atoms. The van der Waals surface area contributed by atoms with Crippen LogP contribution in [0, 0.1) is 0 Å². The third-order valence-electron chi connectivity index (χ3n) is 2.58. The Hall–Kier alpha value is 0.230. The molecule has 0 bridgehead atoms. The van der Waals surface area contributed by atoms with Crippen molar-refractivity contribution in [2.45, 2.75) is 64.9 Å². The Morgan fingerprint density at radius 2 is 1.17 bits per heavy atom. The van der Waals surface area contributed by atoms with E-state index in [9.17, 15) is 4.57 Å². The van der Waals surface area contributed by atoms with E-state index >= 15 is 0 Å². The second-order valence-electron chi connectivity index (χ2n) is 5.07. The molecule has 74 valence electrons. The molecule has 0 radical (unpaired) electrons. The molecule has 0 N–H and O–H groups in total. The topological polar surface area (TPSA) is 17.1 Å². The van der Waals surface area contributed by atoms with Gasteiger partial charge < -0.3 is 4.57 Å². The maximum Gasteiger partial charge on any atom is 0.0975 e. The molecule has 0 aromatic heterocycles. The van der Waals surface area contributed by atoms with Crippen LogP contribution in [0.2, 0.25) is 0 Å². The van der Waals surface area contributed by atoms with Gasteiger partial charge >= 0.3 is 0 Å². The fourth-order valence-corrected chi connectivity index (χ4v) is 6.44. The molecule has 12 heavy (non-hydrogen) atoms. The van der Waals surface area contributed by atoms with E-state index in [0.717, 1.165) is 0 Å². The van der Waals surface area contributed by atoms with E-state index in [4.69, 9.17) is 0 Å². The van der Waals surface area contributed by atoms with Gasteiger partial charge in [-0.1, -0.05) is 48.5 Å². The van der Waals surface area contributed by atoms with Crippen molar-refractivity contribution >= 4 is 7.14 Å². The molecular weight excluding hydrogens is 167 g/mol. The van der Waals surface area contributed by atoms with Crippen LogP contribution < -0.4 is 0 Å². The molecule has 0 aromatic carbocycles. The van der Waals surface area contributed by atoms with Crippen molar-refractivity contribution in [1.82, 2.24) is 0 Å². The van der Waals surface area contributed by atoms with Crippen LogP contribution in [-0.2, 0) is 4.57 Å². The lowest BCUT2D eigenvalue weighted by Gasteiger charge is -2.37. The summed E-state index contributed by atoms with van der Waals surface area (Å²) in [6.07, 6.45) is 0. The lowest BCUT2D eigenvalue weighted by Crippen LogP contribution is -2.26. The van der Waals surface area contributed by atoms with E-state index in [-0.39, 0.29) is 5.16 Å². The SMILES string of the molecule is CC(C)P(=O)(C(C)C)C(C)(C)C. The second kappa shape index (κ2) is 3.54. The van der Waals surface area contributed by atoms with Gasteiger partial charge in [0, 0.05) is 16.5 Å². The fraction of sp³-hybridized carbons (Fsp3) is 1.00. The molecule has 0 aliphatic heterocycles. The van der Waals surface area contributed by atoms with Crippen molar-refractivity contribution in [3.63, 3.8) is 0 Å². The minimum absolute atomic E-state index is 0.0463. The normalized spacial score (nSPS) is 14.4. The summed E-state index contributed by atoms with van der Waals surface area (Å²) in [5.41, 5.74) is 0.606. The third-order valence-corrected chi connectivity index (χ3v) is 7.75. The average molecular weight is 190 g/mol. The molecule has 0 saturated carbocycles. The van der Waals surface area contributed by atoms with Gasteiger partial charge in [-0.3, -0.25) is 0 Å². The van der Waals surface area contributed by atoms with Gasteiger partial charge in [0.15, 0.2) is 0 Å². The van der Waals surface area contributed by atoms with Crippen LogP contribution >= 0.6 is 7.14 Å². The molecular formula is C10H23OP. The first-order chi connectivity index (χ1) is 5.14. The van der Waals surface area contributed by atoms with E-state index in [0.29, 0.717) is 11.3 Å². The number of hydrogen-bond acceptors (Lipinski definition) is 1. The summed E-state index contributed by atoms with van der Waals surface area (Å²) in [6, 6.07) is 0. The Morgan fingerprint density at radius 1 is 0.917 bits per heavy atom. The molecule has 1 nitrogen and oxygen atoms in total. The van der Waals surface area contributed by atoms with Crippen LogP contribution in [0.1, 0.15) is 48.5 Å². The van der Waals surface area contributed by atoms with Gasteiger partial charge in [0.2, 0.25) is 0 Å². The molecule has 0 rings (SSSR count). The van der Waals surface area contributed by atoms with Crippen molar-refractivity contribution < 1.29 is 4.57 Å². The molecule has 0 fully saturated rings. The Balaban J connectivity index is 5.04. The standard InChI is InChI=1S/C10H23OP/c1-8(2)12(11,9(3)4)10(5,6)7/h8-9H,1-7H3. The van der Waals surface area contributed by atoms with Crippen molar-refractivity contribution in [3.05, 3.63) is 0 Å². The summed E-state index contributed by atoms with van der Waals surface area (Å²) in [7, 11) is -2.05. The largest absolute Gasteiger partial charge is 0.322 e. The Kier molecular flexibility index (Phi) is 3.60. The molecule has 0 heterocycles. The quantitative estimate of drug-likeness (QED) is 0.602. The Bertz CT molecular complexity index is 175.